The molecule has 0 aliphatic carbocycles. The van der Waals surface area contributed by atoms with Crippen LogP contribution in [0.15, 0.2) is 97.1 Å². The standard InChI is InChI=1S/C20H23N5O.C15H22N2O.C11H14O2.C9H18N2O2.C5H2ClN3.C3H3F3O/c1-15(2)17-5-3-16(4-6-17)13-20(26)25-11-9-24(10-12-25)19-8-7-18(14-21)22-23-19;1-12(2)14-5-3-13(4-6-14)11-15(18)17-9-7-16-8-10-17;1-8(2)10-5-3-9(4-6-10)7-11(12)13;1-9(2,3)13-8(12)11-6-4-10-5-7-11;6-5-2-1-4(3-7)8-9-5;1-2(7)3(4,5)6/h3-8,15H,9-13H2,1-2H3;3-6,12,16H,7-11H2,1-2H3;3-6,8H,7H2,1-2H3,(H,12,13);10H,4-7H2,1-3H3;1-2H;1H3. The number of aliphatic carboxylic acids is 1. The van der Waals surface area contributed by atoms with Crippen LogP contribution in [0.1, 0.15) is 132 Å². The summed E-state index contributed by atoms with van der Waals surface area (Å²) in [5.41, 5.74) is 7.09. The van der Waals surface area contributed by atoms with Crippen molar-refractivity contribution in [3.8, 4) is 12.1 Å². The summed E-state index contributed by atoms with van der Waals surface area (Å²) in [4.78, 5) is 63.5. The minimum Gasteiger partial charge on any atom is -0.481 e. The zero-order valence-corrected chi connectivity index (χ0v) is 51.7. The van der Waals surface area contributed by atoms with Crippen LogP contribution in [-0.4, -0.2) is 160 Å². The molecule has 3 amide bonds. The van der Waals surface area contributed by atoms with Crippen LogP contribution in [0.4, 0.5) is 23.8 Å². The lowest BCUT2D eigenvalue weighted by Crippen LogP contribution is -2.49. The number of benzene rings is 3. The van der Waals surface area contributed by atoms with Crippen molar-refractivity contribution in [1.82, 2.24) is 45.7 Å². The summed E-state index contributed by atoms with van der Waals surface area (Å²) >= 11 is 5.39. The molecule has 5 aromatic rings. The van der Waals surface area contributed by atoms with Crippen molar-refractivity contribution in [3.05, 3.63) is 147 Å². The molecular weight excluding hydrogens is 1130 g/mol. The van der Waals surface area contributed by atoms with Gasteiger partial charge in [-0.25, -0.2) is 4.79 Å². The van der Waals surface area contributed by atoms with E-state index >= 15 is 0 Å². The van der Waals surface area contributed by atoms with Gasteiger partial charge in [0.15, 0.2) is 22.4 Å². The van der Waals surface area contributed by atoms with Gasteiger partial charge in [-0.2, -0.15) is 23.7 Å². The highest BCUT2D eigenvalue weighted by molar-refractivity contribution is 6.29. The first-order chi connectivity index (χ1) is 40.6. The highest BCUT2D eigenvalue weighted by Gasteiger charge is 2.34. The van der Waals surface area contributed by atoms with E-state index in [4.69, 9.17) is 32.0 Å². The predicted molar refractivity (Wildman–Crippen MR) is 325 cm³/mol. The number of carbonyl (C=O) groups excluding carboxylic acids is 4. The fourth-order valence-electron chi connectivity index (χ4n) is 8.01. The molecule has 0 spiro atoms. The van der Waals surface area contributed by atoms with Crippen LogP contribution in [0.25, 0.3) is 0 Å². The molecule has 3 fully saturated rings. The van der Waals surface area contributed by atoms with Crippen molar-refractivity contribution < 1.29 is 47.0 Å². The van der Waals surface area contributed by atoms with Gasteiger partial charge in [0.25, 0.3) is 0 Å². The minimum absolute atomic E-state index is 0.109. The van der Waals surface area contributed by atoms with Gasteiger partial charge in [0.1, 0.15) is 17.7 Å². The molecule has 0 atom stereocenters. The van der Waals surface area contributed by atoms with Crippen molar-refractivity contribution in [2.24, 2.45) is 0 Å². The summed E-state index contributed by atoms with van der Waals surface area (Å²) in [5.74, 6) is 0.159. The number of nitrogens with zero attached hydrogens (tertiary/aromatic N) is 10. The van der Waals surface area contributed by atoms with Gasteiger partial charge in [0.05, 0.1) is 19.3 Å². The molecular formula is C63H82ClF3N12O7. The van der Waals surface area contributed by atoms with Gasteiger partial charge in [-0.3, -0.25) is 19.2 Å². The third-order valence-corrected chi connectivity index (χ3v) is 13.3. The Balaban J connectivity index is 0.000000285. The van der Waals surface area contributed by atoms with Gasteiger partial charge in [-0.1, -0.05) is 126 Å². The van der Waals surface area contributed by atoms with E-state index in [0.717, 1.165) is 88.0 Å². The minimum atomic E-state index is -4.64. The van der Waals surface area contributed by atoms with Gasteiger partial charge in [-0.05, 0) is 96.2 Å². The van der Waals surface area contributed by atoms with E-state index in [1.807, 2.05) is 67.0 Å². The largest absolute Gasteiger partial charge is 0.481 e. The van der Waals surface area contributed by atoms with Gasteiger partial charge in [-0.15, -0.1) is 20.4 Å². The van der Waals surface area contributed by atoms with Crippen LogP contribution in [0, 0.1) is 22.7 Å². The van der Waals surface area contributed by atoms with E-state index in [2.05, 4.69) is 126 Å². The van der Waals surface area contributed by atoms with Crippen LogP contribution in [0.3, 0.4) is 0 Å². The van der Waals surface area contributed by atoms with E-state index in [1.54, 1.807) is 17.0 Å². The highest BCUT2D eigenvalue weighted by Crippen LogP contribution is 2.20. The summed E-state index contributed by atoms with van der Waals surface area (Å²) < 4.78 is 37.7. The SMILES string of the molecule is CC(=O)C(F)(F)F.CC(C)(C)OC(=O)N1CCNCC1.CC(C)c1ccc(CC(=O)N2CCN(c3ccc(C#N)nn3)CC2)cc1.CC(C)c1ccc(CC(=O)N2CCNCC2)cc1.CC(C)c1ccc(CC(=O)O)cc1.N#Cc1ccc(Cl)nn1. The zero-order chi connectivity index (χ0) is 64.0. The number of nitrogens with one attached hydrogen (secondary N) is 2. The normalized spacial score (nSPS) is 13.9. The smallest absolute Gasteiger partial charge is 0.449 e. The Morgan fingerprint density at radius 2 is 0.919 bits per heavy atom. The predicted octanol–water partition coefficient (Wildman–Crippen LogP) is 9.55. The first kappa shape index (κ1) is 72.2. The molecule has 23 heteroatoms. The quantitative estimate of drug-likeness (QED) is 0.118. The molecule has 8 rings (SSSR count). The molecule has 5 heterocycles. The molecule has 3 aromatic carbocycles. The van der Waals surface area contributed by atoms with Crippen LogP contribution in [-0.2, 0) is 43.2 Å². The Kier molecular flexibility index (Phi) is 30.8. The maximum Gasteiger partial charge on any atom is 0.449 e. The monoisotopic (exact) mass is 1210 g/mol. The number of anilines is 1. The van der Waals surface area contributed by atoms with Crippen LogP contribution in [0.2, 0.25) is 5.15 Å². The average molecular weight is 1210 g/mol. The Hall–Kier alpha value is -8.05. The van der Waals surface area contributed by atoms with E-state index in [1.165, 1.54) is 28.8 Å². The molecule has 464 valence electrons. The second-order valence-corrected chi connectivity index (χ2v) is 22.5. The summed E-state index contributed by atoms with van der Waals surface area (Å²) in [5, 5.41) is 47.2. The third kappa shape index (κ3) is 28.2. The molecule has 0 unspecified atom stereocenters. The van der Waals surface area contributed by atoms with Crippen molar-refractivity contribution >= 4 is 47.1 Å². The Labute approximate surface area is 508 Å². The summed E-state index contributed by atoms with van der Waals surface area (Å²) in [6, 6.07) is 34.8. The molecule has 86 heavy (non-hydrogen) atoms. The molecule has 3 saturated heterocycles. The topological polar surface area (TPSA) is 251 Å². The van der Waals surface area contributed by atoms with E-state index in [0.29, 0.717) is 61.5 Å². The van der Waals surface area contributed by atoms with E-state index < -0.39 is 17.9 Å². The lowest BCUT2D eigenvalue weighted by atomic mass is 10.0. The molecule has 3 aliphatic heterocycles. The number of rotatable bonds is 10. The van der Waals surface area contributed by atoms with Crippen LogP contribution >= 0.6 is 11.6 Å². The lowest BCUT2D eigenvalue weighted by Gasteiger charge is -2.35. The average Bonchev–Trinajstić information content (AvgIpc) is 3.29. The molecule has 0 radical (unpaired) electrons. The summed E-state index contributed by atoms with van der Waals surface area (Å²) in [6.45, 7) is 28.6. The first-order valence-electron chi connectivity index (χ1n) is 28.5. The zero-order valence-electron chi connectivity index (χ0n) is 51.0. The van der Waals surface area contributed by atoms with Crippen LogP contribution < -0.4 is 15.5 Å². The molecule has 0 bridgehead atoms. The number of aromatic nitrogens is 4. The fourth-order valence-corrected chi connectivity index (χ4v) is 8.11. The Morgan fingerprint density at radius 3 is 1.23 bits per heavy atom. The van der Waals surface area contributed by atoms with Crippen molar-refractivity contribution in [2.75, 3.05) is 83.4 Å². The first-order valence-corrected chi connectivity index (χ1v) is 28.9. The van der Waals surface area contributed by atoms with Crippen LogP contribution in [0.5, 0.6) is 0 Å². The molecule has 3 aliphatic rings. The maximum atomic E-state index is 12.6. The van der Waals surface area contributed by atoms with E-state index in [9.17, 15) is 37.1 Å². The number of alkyl halides is 3. The number of piperazine rings is 3. The molecule has 0 saturated carbocycles. The molecule has 3 N–H and O–H groups in total. The number of nitriles is 2. The summed E-state index contributed by atoms with van der Waals surface area (Å²) in [7, 11) is 0. The van der Waals surface area contributed by atoms with Gasteiger partial charge in [0, 0.05) is 85.5 Å². The number of halogens is 4. The lowest BCUT2D eigenvalue weighted by molar-refractivity contribution is -0.168. The molecule has 19 nitrogen and oxygen atoms in total. The second kappa shape index (κ2) is 36.7. The van der Waals surface area contributed by atoms with Gasteiger partial charge in [0.2, 0.25) is 17.6 Å². The number of hydrogen-bond donors (Lipinski definition) is 3. The van der Waals surface area contributed by atoms with Crippen molar-refractivity contribution in [1.29, 1.82) is 10.5 Å². The third-order valence-electron chi connectivity index (χ3n) is 13.1. The number of carbonyl (C=O) groups is 5. The van der Waals surface area contributed by atoms with E-state index in [-0.39, 0.29) is 35.6 Å². The van der Waals surface area contributed by atoms with Crippen molar-refractivity contribution in [2.45, 2.75) is 118 Å². The van der Waals surface area contributed by atoms with Gasteiger partial charge >= 0.3 is 18.2 Å². The summed E-state index contributed by atoms with van der Waals surface area (Å²) in [6.07, 6.45) is -3.76. The van der Waals surface area contributed by atoms with Crippen molar-refractivity contribution in [3.63, 3.8) is 0 Å². The second-order valence-electron chi connectivity index (χ2n) is 22.1. The number of hydrogen-bond acceptors (Lipinski definition) is 15. The fraction of sp³-hybridized carbons (Fsp3) is 0.476. The maximum absolute atomic E-state index is 12.6. The highest BCUT2D eigenvalue weighted by atomic mass is 35.5. The number of ketones is 1. The Bertz CT molecular complexity index is 2950. The Morgan fingerprint density at radius 1 is 0.558 bits per heavy atom. The molecule has 2 aromatic heterocycles. The van der Waals surface area contributed by atoms with Gasteiger partial charge < -0.3 is 40.1 Å². The number of Topliss-reactive ketones (excluding diaryl/α,β-unsaturated/α-hetero) is 1. The number of carboxylic acid groups (broad SMARTS) is 1. The number of carboxylic acids is 1. The number of amides is 3. The number of ether oxygens (including phenoxy) is 1.